The zero-order valence-electron chi connectivity index (χ0n) is 16.3. The number of guanidine groups is 1. The zero-order valence-corrected chi connectivity index (χ0v) is 16.3. The largest absolute Gasteiger partial charge is 0.496 e. The number of carbonyl (C=O) groups excluding carboxylic acids is 1. The molecule has 0 fully saturated rings. The summed E-state index contributed by atoms with van der Waals surface area (Å²) in [4.78, 5) is 16.0. The van der Waals surface area contributed by atoms with Crippen LogP contribution in [0.2, 0.25) is 0 Å². The van der Waals surface area contributed by atoms with Gasteiger partial charge in [-0.25, -0.2) is 4.79 Å². The standard InChI is InChI=1S/C19H31N3O4/c1-5-6-11-26-12-7-10-21-19(20-2)22-14-15-8-9-17(24-3)16(13-15)18(23)25-4/h8-9,13H,5-7,10-12,14H2,1-4H3,(H2,20,21,22). The Hall–Kier alpha value is -2.28. The highest BCUT2D eigenvalue weighted by molar-refractivity contribution is 5.92. The Labute approximate surface area is 156 Å². The molecule has 0 aliphatic heterocycles. The Morgan fingerprint density at radius 2 is 1.92 bits per heavy atom. The van der Waals surface area contributed by atoms with Crippen molar-refractivity contribution in [1.29, 1.82) is 0 Å². The van der Waals surface area contributed by atoms with Crippen molar-refractivity contribution in [2.45, 2.75) is 32.7 Å². The second-order valence-corrected chi connectivity index (χ2v) is 5.70. The van der Waals surface area contributed by atoms with Gasteiger partial charge in [0.25, 0.3) is 0 Å². The summed E-state index contributed by atoms with van der Waals surface area (Å²) >= 11 is 0. The monoisotopic (exact) mass is 365 g/mol. The van der Waals surface area contributed by atoms with Crippen LogP contribution in [0.4, 0.5) is 0 Å². The lowest BCUT2D eigenvalue weighted by molar-refractivity contribution is 0.0597. The van der Waals surface area contributed by atoms with Crippen molar-refractivity contribution in [2.75, 3.05) is 41.0 Å². The maximum Gasteiger partial charge on any atom is 0.341 e. The van der Waals surface area contributed by atoms with E-state index in [1.165, 1.54) is 14.2 Å². The molecular formula is C19H31N3O4. The van der Waals surface area contributed by atoms with Crippen molar-refractivity contribution in [1.82, 2.24) is 10.6 Å². The van der Waals surface area contributed by atoms with Gasteiger partial charge in [0.1, 0.15) is 11.3 Å². The molecule has 0 saturated carbocycles. The van der Waals surface area contributed by atoms with Crippen molar-refractivity contribution >= 4 is 11.9 Å². The number of aliphatic imine (C=N–C) groups is 1. The summed E-state index contributed by atoms with van der Waals surface area (Å²) in [5, 5.41) is 6.47. The van der Waals surface area contributed by atoms with E-state index in [0.29, 0.717) is 23.8 Å². The fourth-order valence-electron chi connectivity index (χ4n) is 2.27. The Kier molecular flexibility index (Phi) is 10.9. The lowest BCUT2D eigenvalue weighted by atomic mass is 10.1. The third-order valence-electron chi connectivity index (χ3n) is 3.75. The minimum absolute atomic E-state index is 0.404. The van der Waals surface area contributed by atoms with E-state index in [1.54, 1.807) is 19.2 Å². The summed E-state index contributed by atoms with van der Waals surface area (Å²) in [5.41, 5.74) is 1.33. The van der Waals surface area contributed by atoms with E-state index in [4.69, 9.17) is 14.2 Å². The van der Waals surface area contributed by atoms with Crippen LogP contribution in [0.5, 0.6) is 5.75 Å². The lowest BCUT2D eigenvalue weighted by Gasteiger charge is -2.13. The van der Waals surface area contributed by atoms with Crippen LogP contribution in [0.15, 0.2) is 23.2 Å². The lowest BCUT2D eigenvalue weighted by Crippen LogP contribution is -2.37. The number of nitrogens with one attached hydrogen (secondary N) is 2. The highest BCUT2D eigenvalue weighted by atomic mass is 16.5. The molecule has 7 nitrogen and oxygen atoms in total. The molecule has 0 amide bonds. The molecule has 0 aliphatic rings. The minimum Gasteiger partial charge on any atom is -0.496 e. The summed E-state index contributed by atoms with van der Waals surface area (Å²) in [6.07, 6.45) is 3.17. The number of nitrogens with zero attached hydrogens (tertiary/aromatic N) is 1. The molecule has 0 atom stereocenters. The van der Waals surface area contributed by atoms with Gasteiger partial charge in [-0.05, 0) is 30.5 Å². The van der Waals surface area contributed by atoms with E-state index in [1.807, 2.05) is 6.07 Å². The van der Waals surface area contributed by atoms with Crippen molar-refractivity contribution in [3.8, 4) is 5.75 Å². The Morgan fingerprint density at radius 3 is 2.58 bits per heavy atom. The number of hydrogen-bond donors (Lipinski definition) is 2. The number of carbonyl (C=O) groups is 1. The second kappa shape index (κ2) is 13.0. The highest BCUT2D eigenvalue weighted by Crippen LogP contribution is 2.20. The summed E-state index contributed by atoms with van der Waals surface area (Å²) < 4.78 is 15.5. The van der Waals surface area contributed by atoms with E-state index in [0.717, 1.165) is 44.6 Å². The molecule has 0 spiro atoms. The van der Waals surface area contributed by atoms with Crippen molar-refractivity contribution < 1.29 is 19.0 Å². The summed E-state index contributed by atoms with van der Waals surface area (Å²) in [6.45, 7) is 5.02. The average Bonchev–Trinajstić information content (AvgIpc) is 2.68. The Morgan fingerprint density at radius 1 is 1.15 bits per heavy atom. The fraction of sp³-hybridized carbons (Fsp3) is 0.579. The predicted octanol–water partition coefficient (Wildman–Crippen LogP) is 2.35. The molecule has 0 saturated heterocycles. The maximum absolute atomic E-state index is 11.8. The van der Waals surface area contributed by atoms with Crippen LogP contribution in [-0.4, -0.2) is 53.0 Å². The molecule has 2 N–H and O–H groups in total. The van der Waals surface area contributed by atoms with Gasteiger partial charge in [0, 0.05) is 33.4 Å². The first kappa shape index (κ1) is 21.8. The molecule has 0 aliphatic carbocycles. The molecule has 1 aromatic rings. The first-order valence-electron chi connectivity index (χ1n) is 8.93. The van der Waals surface area contributed by atoms with Gasteiger partial charge in [-0.1, -0.05) is 19.4 Å². The number of esters is 1. The number of unbranched alkanes of at least 4 members (excludes halogenated alkanes) is 1. The Balaban J connectivity index is 2.44. The van der Waals surface area contributed by atoms with Crippen LogP contribution < -0.4 is 15.4 Å². The molecule has 0 heterocycles. The molecule has 0 aromatic heterocycles. The summed E-state index contributed by atoms with van der Waals surface area (Å²) in [5.74, 6) is 0.773. The molecule has 1 aromatic carbocycles. The van der Waals surface area contributed by atoms with Crippen LogP contribution in [0.3, 0.4) is 0 Å². The van der Waals surface area contributed by atoms with E-state index < -0.39 is 5.97 Å². The van der Waals surface area contributed by atoms with Crippen LogP contribution in [0, 0.1) is 0 Å². The number of hydrogen-bond acceptors (Lipinski definition) is 5. The smallest absolute Gasteiger partial charge is 0.341 e. The first-order chi connectivity index (χ1) is 12.7. The summed E-state index contributed by atoms with van der Waals surface area (Å²) in [7, 11) is 4.60. The fourth-order valence-corrected chi connectivity index (χ4v) is 2.27. The zero-order chi connectivity index (χ0) is 19.2. The molecule has 146 valence electrons. The number of rotatable bonds is 11. The van der Waals surface area contributed by atoms with E-state index >= 15 is 0 Å². The second-order valence-electron chi connectivity index (χ2n) is 5.70. The molecule has 7 heteroatoms. The van der Waals surface area contributed by atoms with E-state index in [9.17, 15) is 4.79 Å². The van der Waals surface area contributed by atoms with E-state index in [2.05, 4.69) is 22.5 Å². The maximum atomic E-state index is 11.8. The third kappa shape index (κ3) is 7.74. The van der Waals surface area contributed by atoms with Crippen molar-refractivity contribution in [3.05, 3.63) is 29.3 Å². The van der Waals surface area contributed by atoms with Gasteiger partial charge in [0.2, 0.25) is 0 Å². The summed E-state index contributed by atoms with van der Waals surface area (Å²) in [6, 6.07) is 5.41. The first-order valence-corrected chi connectivity index (χ1v) is 8.93. The number of ether oxygens (including phenoxy) is 3. The molecule has 0 radical (unpaired) electrons. The van der Waals surface area contributed by atoms with Gasteiger partial charge in [-0.15, -0.1) is 0 Å². The SMILES string of the molecule is CCCCOCCCNC(=NC)NCc1ccc(OC)c(C(=O)OC)c1. The van der Waals surface area contributed by atoms with Crippen molar-refractivity contribution in [2.24, 2.45) is 4.99 Å². The molecule has 26 heavy (non-hydrogen) atoms. The molecular weight excluding hydrogens is 334 g/mol. The van der Waals surface area contributed by atoms with Gasteiger partial charge in [0.15, 0.2) is 5.96 Å². The molecule has 0 unspecified atom stereocenters. The molecule has 0 bridgehead atoms. The minimum atomic E-state index is -0.422. The normalized spacial score (nSPS) is 11.2. The van der Waals surface area contributed by atoms with Gasteiger partial charge < -0.3 is 24.8 Å². The quantitative estimate of drug-likeness (QED) is 0.271. The van der Waals surface area contributed by atoms with Crippen LogP contribution >= 0.6 is 0 Å². The van der Waals surface area contributed by atoms with E-state index in [-0.39, 0.29) is 0 Å². The number of methoxy groups -OCH3 is 2. The van der Waals surface area contributed by atoms with Gasteiger partial charge >= 0.3 is 5.97 Å². The highest BCUT2D eigenvalue weighted by Gasteiger charge is 2.13. The van der Waals surface area contributed by atoms with Gasteiger partial charge in [0.05, 0.1) is 14.2 Å². The topological polar surface area (TPSA) is 81.2 Å². The van der Waals surface area contributed by atoms with Crippen LogP contribution in [0.1, 0.15) is 42.1 Å². The number of benzene rings is 1. The van der Waals surface area contributed by atoms with Gasteiger partial charge in [-0.3, -0.25) is 4.99 Å². The third-order valence-corrected chi connectivity index (χ3v) is 3.75. The molecule has 1 rings (SSSR count). The van der Waals surface area contributed by atoms with Crippen molar-refractivity contribution in [3.63, 3.8) is 0 Å². The van der Waals surface area contributed by atoms with Crippen LogP contribution in [-0.2, 0) is 16.0 Å². The van der Waals surface area contributed by atoms with Gasteiger partial charge in [-0.2, -0.15) is 0 Å². The van der Waals surface area contributed by atoms with Crippen LogP contribution in [0.25, 0.3) is 0 Å². The predicted molar refractivity (Wildman–Crippen MR) is 103 cm³/mol. The average molecular weight is 365 g/mol. The Bertz CT molecular complexity index is 576.